The molecule has 1 aromatic carbocycles. The third-order valence-electron chi connectivity index (χ3n) is 1.46. The molecule has 0 bridgehead atoms. The van der Waals surface area contributed by atoms with E-state index in [9.17, 15) is 0 Å². The molecule has 0 aliphatic heterocycles. The minimum Gasteiger partial charge on any atom is -0.493 e. The zero-order chi connectivity index (χ0) is 9.68. The highest BCUT2D eigenvalue weighted by Gasteiger charge is 2.03. The van der Waals surface area contributed by atoms with Gasteiger partial charge in [-0.3, -0.25) is 11.1 Å². The fraction of sp³-hybridized carbons (Fsp3) is 0.222. The third kappa shape index (κ3) is 2.66. The second kappa shape index (κ2) is 4.35. The molecule has 0 aliphatic rings. The summed E-state index contributed by atoms with van der Waals surface area (Å²) < 4.78 is 10.3. The van der Waals surface area contributed by atoms with Crippen LogP contribution in [0.5, 0.6) is 11.5 Å². The van der Waals surface area contributed by atoms with Crippen molar-refractivity contribution in [2.24, 2.45) is 5.73 Å². The van der Waals surface area contributed by atoms with E-state index in [0.29, 0.717) is 11.5 Å². The number of amidine groups is 1. The van der Waals surface area contributed by atoms with Gasteiger partial charge in [0.25, 0.3) is 5.84 Å². The molecule has 1 rings (SSSR count). The monoisotopic (exact) mass is 181 g/mol. The molecule has 13 heavy (non-hydrogen) atoms. The second-order valence-corrected chi connectivity index (χ2v) is 2.51. The quantitative estimate of drug-likeness (QED) is 0.471. The first-order valence-corrected chi connectivity index (χ1v) is 3.86. The Kier molecular flexibility index (Phi) is 3.14. The number of benzene rings is 1. The summed E-state index contributed by atoms with van der Waals surface area (Å²) in [6, 6.07) is 7.32. The standard InChI is InChI=1S/C9H12N2O2/c1-12-7-4-2-3-5-8(7)13-6-9(10)11/h2-5H,6H2,1H3,(H3,10,11)/p+1. The van der Waals surface area contributed by atoms with Crippen molar-refractivity contribution in [2.45, 2.75) is 0 Å². The molecule has 0 atom stereocenters. The van der Waals surface area contributed by atoms with E-state index < -0.39 is 0 Å². The molecule has 0 heterocycles. The van der Waals surface area contributed by atoms with Crippen molar-refractivity contribution in [1.82, 2.24) is 0 Å². The molecule has 0 fully saturated rings. The number of hydrogen-bond donors (Lipinski definition) is 2. The first kappa shape index (κ1) is 9.38. The van der Waals surface area contributed by atoms with E-state index in [0.717, 1.165) is 0 Å². The summed E-state index contributed by atoms with van der Waals surface area (Å²) in [5, 5.41) is 5.26. The van der Waals surface area contributed by atoms with Crippen molar-refractivity contribution in [3.63, 3.8) is 0 Å². The van der Waals surface area contributed by atoms with Crippen molar-refractivity contribution in [2.75, 3.05) is 13.7 Å². The van der Waals surface area contributed by atoms with E-state index >= 15 is 0 Å². The molecule has 0 amide bonds. The first-order valence-electron chi connectivity index (χ1n) is 3.86. The molecule has 1 aromatic rings. The van der Waals surface area contributed by atoms with Crippen LogP contribution < -0.4 is 20.6 Å². The van der Waals surface area contributed by atoms with Crippen LogP contribution in [0.1, 0.15) is 0 Å². The van der Waals surface area contributed by atoms with Gasteiger partial charge in [0, 0.05) is 0 Å². The van der Waals surface area contributed by atoms with Crippen LogP contribution in [0.4, 0.5) is 0 Å². The summed E-state index contributed by atoms with van der Waals surface area (Å²) in [4.78, 5) is 0. The van der Waals surface area contributed by atoms with Crippen LogP contribution in [0.2, 0.25) is 0 Å². The Bertz CT molecular complexity index is 299. The number of nitrogens with two attached hydrogens (primary N) is 2. The van der Waals surface area contributed by atoms with Crippen molar-refractivity contribution in [3.8, 4) is 11.5 Å². The van der Waals surface area contributed by atoms with Crippen LogP contribution in [-0.2, 0) is 0 Å². The van der Waals surface area contributed by atoms with Crippen molar-refractivity contribution < 1.29 is 14.9 Å². The molecule has 0 aromatic heterocycles. The van der Waals surface area contributed by atoms with E-state index in [-0.39, 0.29) is 12.4 Å². The van der Waals surface area contributed by atoms with E-state index in [1.807, 2.05) is 18.2 Å². The molecule has 0 saturated heterocycles. The molecular formula is C9H13N2O2+. The van der Waals surface area contributed by atoms with Gasteiger partial charge >= 0.3 is 0 Å². The molecule has 0 radical (unpaired) electrons. The normalized spacial score (nSPS) is 9.31. The third-order valence-corrected chi connectivity index (χ3v) is 1.46. The summed E-state index contributed by atoms with van der Waals surface area (Å²) in [7, 11) is 1.58. The van der Waals surface area contributed by atoms with E-state index in [1.165, 1.54) is 0 Å². The predicted octanol–water partition coefficient (Wildman–Crippen LogP) is -0.810. The van der Waals surface area contributed by atoms with Crippen molar-refractivity contribution >= 4 is 5.84 Å². The van der Waals surface area contributed by atoms with Gasteiger partial charge in [0.1, 0.15) is 0 Å². The molecule has 70 valence electrons. The van der Waals surface area contributed by atoms with E-state index in [2.05, 4.69) is 0 Å². The Hall–Kier alpha value is -1.71. The minimum atomic E-state index is 0.195. The van der Waals surface area contributed by atoms with Crippen molar-refractivity contribution in [1.29, 1.82) is 0 Å². The van der Waals surface area contributed by atoms with Crippen LogP contribution in [-0.4, -0.2) is 19.6 Å². The lowest BCUT2D eigenvalue weighted by Crippen LogP contribution is -2.49. The SMILES string of the molecule is COc1ccccc1OCC(N)=[NH2+]. The molecule has 4 N–H and O–H groups in total. The van der Waals surface area contributed by atoms with E-state index in [1.54, 1.807) is 13.2 Å². The second-order valence-electron chi connectivity index (χ2n) is 2.51. The molecule has 0 aliphatic carbocycles. The number of para-hydroxylation sites is 2. The molecule has 4 nitrogen and oxygen atoms in total. The lowest BCUT2D eigenvalue weighted by Gasteiger charge is -2.07. The largest absolute Gasteiger partial charge is 0.493 e. The lowest BCUT2D eigenvalue weighted by atomic mass is 10.3. The van der Waals surface area contributed by atoms with Crippen LogP contribution in [0, 0.1) is 0 Å². The van der Waals surface area contributed by atoms with Crippen LogP contribution in [0.3, 0.4) is 0 Å². The average Bonchev–Trinajstić information content (AvgIpc) is 2.15. The topological polar surface area (TPSA) is 70.1 Å². The van der Waals surface area contributed by atoms with Gasteiger partial charge < -0.3 is 9.47 Å². The van der Waals surface area contributed by atoms with Crippen LogP contribution in [0.15, 0.2) is 24.3 Å². The maximum Gasteiger partial charge on any atom is 0.276 e. The highest BCUT2D eigenvalue weighted by atomic mass is 16.5. The van der Waals surface area contributed by atoms with E-state index in [4.69, 9.17) is 20.6 Å². The molecular weight excluding hydrogens is 168 g/mol. The van der Waals surface area contributed by atoms with Gasteiger partial charge in [-0.15, -0.1) is 0 Å². The molecule has 4 heteroatoms. The summed E-state index contributed by atoms with van der Waals surface area (Å²) in [5.41, 5.74) is 5.26. The number of methoxy groups -OCH3 is 1. The Morgan fingerprint density at radius 1 is 1.38 bits per heavy atom. The summed E-state index contributed by atoms with van der Waals surface area (Å²) >= 11 is 0. The van der Waals surface area contributed by atoms with Gasteiger partial charge in [0.05, 0.1) is 7.11 Å². The Morgan fingerprint density at radius 3 is 2.54 bits per heavy atom. The minimum absolute atomic E-state index is 0.195. The fourth-order valence-corrected chi connectivity index (χ4v) is 0.899. The van der Waals surface area contributed by atoms with Gasteiger partial charge in [0.2, 0.25) is 0 Å². The maximum absolute atomic E-state index is 5.28. The maximum atomic E-state index is 5.28. The number of rotatable bonds is 4. The highest BCUT2D eigenvalue weighted by molar-refractivity contribution is 5.75. The first-order chi connectivity index (χ1) is 6.24. The van der Waals surface area contributed by atoms with Crippen molar-refractivity contribution in [3.05, 3.63) is 24.3 Å². The van der Waals surface area contributed by atoms with Crippen LogP contribution in [0.25, 0.3) is 0 Å². The fourth-order valence-electron chi connectivity index (χ4n) is 0.899. The molecule has 0 unspecified atom stereocenters. The smallest absolute Gasteiger partial charge is 0.276 e. The summed E-state index contributed by atoms with van der Waals surface area (Å²) in [6.07, 6.45) is 0. The molecule has 0 spiro atoms. The zero-order valence-corrected chi connectivity index (χ0v) is 7.49. The Labute approximate surface area is 76.8 Å². The average molecular weight is 181 g/mol. The lowest BCUT2D eigenvalue weighted by molar-refractivity contribution is -0.119. The zero-order valence-electron chi connectivity index (χ0n) is 7.49. The molecule has 0 saturated carbocycles. The summed E-state index contributed by atoms with van der Waals surface area (Å²) in [5.74, 6) is 1.55. The van der Waals surface area contributed by atoms with Gasteiger partial charge in [-0.1, -0.05) is 12.1 Å². The Balaban J connectivity index is 2.69. The van der Waals surface area contributed by atoms with Gasteiger partial charge in [0.15, 0.2) is 18.1 Å². The van der Waals surface area contributed by atoms with Crippen LogP contribution >= 0.6 is 0 Å². The predicted molar refractivity (Wildman–Crippen MR) is 49.6 cm³/mol. The van der Waals surface area contributed by atoms with Gasteiger partial charge in [-0.2, -0.15) is 0 Å². The Morgan fingerprint density at radius 2 is 2.00 bits per heavy atom. The number of ether oxygens (including phenoxy) is 2. The van der Waals surface area contributed by atoms with Gasteiger partial charge in [-0.05, 0) is 12.1 Å². The summed E-state index contributed by atoms with van der Waals surface area (Å²) in [6.45, 7) is 0.195. The number of hydrogen-bond acceptors (Lipinski definition) is 2. The van der Waals surface area contributed by atoms with Gasteiger partial charge in [-0.25, -0.2) is 0 Å². The highest BCUT2D eigenvalue weighted by Crippen LogP contribution is 2.25.